The van der Waals surface area contributed by atoms with Gasteiger partial charge < -0.3 is 5.11 Å². The predicted octanol–water partition coefficient (Wildman–Crippen LogP) is 2.58. The van der Waals surface area contributed by atoms with Crippen molar-refractivity contribution in [1.29, 1.82) is 0 Å². The van der Waals surface area contributed by atoms with Gasteiger partial charge >= 0.3 is 0 Å². The van der Waals surface area contributed by atoms with Crippen molar-refractivity contribution in [2.24, 2.45) is 0 Å². The molecular weight excluding hydrogens is 271 g/mol. The van der Waals surface area contributed by atoms with Crippen molar-refractivity contribution >= 4 is 22.9 Å². The number of aromatic nitrogens is 4. The van der Waals surface area contributed by atoms with Crippen LogP contribution >= 0.6 is 11.6 Å². The van der Waals surface area contributed by atoms with Gasteiger partial charge in [0.25, 0.3) is 0 Å². The van der Waals surface area contributed by atoms with Gasteiger partial charge in [-0.15, -0.1) is 0 Å². The Hall–Kier alpha value is -2.34. The molecule has 0 spiro atoms. The molecule has 0 amide bonds. The first-order valence-corrected chi connectivity index (χ1v) is 5.65. The molecular formula is C12H6ClFN4O. The molecule has 0 radical (unpaired) electrons. The molecule has 1 N–H and O–H groups in total. The van der Waals surface area contributed by atoms with Crippen molar-refractivity contribution in [2.75, 3.05) is 0 Å². The lowest BCUT2D eigenvalue weighted by Crippen LogP contribution is -1.94. The number of rotatable bonds is 1. The van der Waals surface area contributed by atoms with Crippen LogP contribution in [0.3, 0.4) is 0 Å². The maximum atomic E-state index is 13.8. The lowest BCUT2D eigenvalue weighted by atomic mass is 10.1. The van der Waals surface area contributed by atoms with E-state index in [2.05, 4.69) is 19.9 Å². The monoisotopic (exact) mass is 276 g/mol. The van der Waals surface area contributed by atoms with E-state index in [1.807, 2.05) is 0 Å². The second-order valence-electron chi connectivity index (χ2n) is 3.74. The van der Waals surface area contributed by atoms with E-state index in [-0.39, 0.29) is 22.0 Å². The fourth-order valence-electron chi connectivity index (χ4n) is 1.62. The van der Waals surface area contributed by atoms with Crippen molar-refractivity contribution in [3.05, 3.63) is 41.6 Å². The molecule has 3 aromatic rings. The number of nitrogens with zero attached hydrogens (tertiary/aromatic N) is 4. The molecule has 0 aliphatic rings. The first-order chi connectivity index (χ1) is 9.15. The van der Waals surface area contributed by atoms with E-state index >= 15 is 0 Å². The molecule has 0 unspecified atom stereocenters. The van der Waals surface area contributed by atoms with Gasteiger partial charge in [0.05, 0.1) is 16.9 Å². The van der Waals surface area contributed by atoms with Gasteiger partial charge in [-0.3, -0.25) is 0 Å². The third kappa shape index (κ3) is 2.06. The zero-order valence-corrected chi connectivity index (χ0v) is 10.1. The van der Waals surface area contributed by atoms with E-state index in [0.717, 1.165) is 6.07 Å². The summed E-state index contributed by atoms with van der Waals surface area (Å²) in [7, 11) is 0. The van der Waals surface area contributed by atoms with E-state index in [1.54, 1.807) is 0 Å². The summed E-state index contributed by atoms with van der Waals surface area (Å²) in [5, 5.41) is 9.35. The molecule has 2 heterocycles. The van der Waals surface area contributed by atoms with Gasteiger partial charge in [-0.05, 0) is 6.07 Å². The topological polar surface area (TPSA) is 71.8 Å². The summed E-state index contributed by atoms with van der Waals surface area (Å²) in [5.41, 5.74) is 1.09. The fourth-order valence-corrected chi connectivity index (χ4v) is 1.78. The molecule has 0 fully saturated rings. The van der Waals surface area contributed by atoms with Crippen LogP contribution < -0.4 is 0 Å². The number of fused-ring (bicyclic) bond motifs is 1. The minimum Gasteiger partial charge on any atom is -0.506 e. The van der Waals surface area contributed by atoms with Gasteiger partial charge in [0.2, 0.25) is 0 Å². The summed E-state index contributed by atoms with van der Waals surface area (Å²) in [6.45, 7) is 0. The fraction of sp³-hybridized carbons (Fsp3) is 0. The molecule has 1 aromatic carbocycles. The number of benzene rings is 1. The van der Waals surface area contributed by atoms with E-state index in [1.165, 1.54) is 24.7 Å². The highest BCUT2D eigenvalue weighted by Gasteiger charge is 2.12. The number of phenolic OH excluding ortho intramolecular Hbond substituents is 1. The Labute approximate surface area is 111 Å². The highest BCUT2D eigenvalue weighted by Crippen LogP contribution is 2.31. The SMILES string of the molecule is Oc1cc(F)c(-c2cnc3nccnc3n2)cc1Cl. The summed E-state index contributed by atoms with van der Waals surface area (Å²) >= 11 is 5.76. The van der Waals surface area contributed by atoms with E-state index < -0.39 is 5.82 Å². The molecule has 3 rings (SSSR count). The Balaban J connectivity index is 2.21. The number of hydrogen-bond acceptors (Lipinski definition) is 5. The Morgan fingerprint density at radius 2 is 1.79 bits per heavy atom. The van der Waals surface area contributed by atoms with E-state index in [9.17, 15) is 9.50 Å². The van der Waals surface area contributed by atoms with Crippen LogP contribution in [0.1, 0.15) is 0 Å². The molecule has 0 atom stereocenters. The third-order valence-electron chi connectivity index (χ3n) is 2.51. The second-order valence-corrected chi connectivity index (χ2v) is 4.15. The minimum absolute atomic E-state index is 0.0393. The molecule has 0 saturated carbocycles. The molecule has 2 aromatic heterocycles. The first kappa shape index (κ1) is 11.7. The van der Waals surface area contributed by atoms with Crippen LogP contribution in [0.25, 0.3) is 22.6 Å². The summed E-state index contributed by atoms with van der Waals surface area (Å²) in [6, 6.07) is 2.22. The molecule has 19 heavy (non-hydrogen) atoms. The summed E-state index contributed by atoms with van der Waals surface area (Å²) in [6.07, 6.45) is 4.35. The van der Waals surface area contributed by atoms with Crippen molar-refractivity contribution < 1.29 is 9.50 Å². The molecule has 7 heteroatoms. The average Bonchev–Trinajstić information content (AvgIpc) is 2.42. The predicted molar refractivity (Wildman–Crippen MR) is 67.2 cm³/mol. The van der Waals surface area contributed by atoms with Gasteiger partial charge in [-0.1, -0.05) is 11.6 Å². The smallest absolute Gasteiger partial charge is 0.198 e. The van der Waals surface area contributed by atoms with Crippen molar-refractivity contribution in [3.8, 4) is 17.0 Å². The Bertz CT molecular complexity index is 781. The normalized spacial score (nSPS) is 10.8. The third-order valence-corrected chi connectivity index (χ3v) is 2.81. The van der Waals surface area contributed by atoms with Crippen LogP contribution in [0.5, 0.6) is 5.75 Å². The lowest BCUT2D eigenvalue weighted by Gasteiger charge is -2.05. The van der Waals surface area contributed by atoms with Gasteiger partial charge in [0, 0.05) is 24.0 Å². The molecule has 0 aliphatic carbocycles. The molecule has 94 valence electrons. The summed E-state index contributed by atoms with van der Waals surface area (Å²) in [5.74, 6) is -0.962. The van der Waals surface area contributed by atoms with Gasteiger partial charge in [0.15, 0.2) is 11.3 Å². The Morgan fingerprint density at radius 3 is 2.58 bits per heavy atom. The molecule has 0 aliphatic heterocycles. The summed E-state index contributed by atoms with van der Waals surface area (Å²) < 4.78 is 13.8. The summed E-state index contributed by atoms with van der Waals surface area (Å²) in [4.78, 5) is 16.2. The highest BCUT2D eigenvalue weighted by molar-refractivity contribution is 6.32. The van der Waals surface area contributed by atoms with E-state index in [0.29, 0.717) is 11.3 Å². The lowest BCUT2D eigenvalue weighted by molar-refractivity contribution is 0.469. The van der Waals surface area contributed by atoms with Crippen LogP contribution in [0, 0.1) is 5.82 Å². The van der Waals surface area contributed by atoms with Crippen LogP contribution in [0.4, 0.5) is 4.39 Å². The molecule has 5 nitrogen and oxygen atoms in total. The van der Waals surface area contributed by atoms with Gasteiger partial charge in [0.1, 0.15) is 11.6 Å². The van der Waals surface area contributed by atoms with Crippen LogP contribution in [-0.4, -0.2) is 25.0 Å². The standard InChI is InChI=1S/C12H6ClFN4O/c13-7-3-6(8(14)4-10(7)19)9-5-17-11-12(18-9)16-2-1-15-11/h1-5,19H. The van der Waals surface area contributed by atoms with Crippen molar-refractivity contribution in [2.45, 2.75) is 0 Å². The van der Waals surface area contributed by atoms with Crippen LogP contribution in [0.2, 0.25) is 5.02 Å². The zero-order valence-electron chi connectivity index (χ0n) is 9.38. The second kappa shape index (κ2) is 4.40. The quantitative estimate of drug-likeness (QED) is 0.739. The zero-order chi connectivity index (χ0) is 13.4. The largest absolute Gasteiger partial charge is 0.506 e. The van der Waals surface area contributed by atoms with E-state index in [4.69, 9.17) is 11.6 Å². The van der Waals surface area contributed by atoms with Gasteiger partial charge in [-0.2, -0.15) is 0 Å². The Morgan fingerprint density at radius 1 is 1.05 bits per heavy atom. The van der Waals surface area contributed by atoms with Crippen molar-refractivity contribution in [1.82, 2.24) is 19.9 Å². The molecule has 0 saturated heterocycles. The highest BCUT2D eigenvalue weighted by atomic mass is 35.5. The van der Waals surface area contributed by atoms with Crippen LogP contribution in [0.15, 0.2) is 30.7 Å². The minimum atomic E-state index is -0.639. The van der Waals surface area contributed by atoms with Gasteiger partial charge in [-0.25, -0.2) is 24.3 Å². The molecule has 0 bridgehead atoms. The number of aromatic hydroxyl groups is 1. The first-order valence-electron chi connectivity index (χ1n) is 5.27. The van der Waals surface area contributed by atoms with Crippen molar-refractivity contribution in [3.63, 3.8) is 0 Å². The average molecular weight is 277 g/mol. The number of hydrogen-bond donors (Lipinski definition) is 1. The van der Waals surface area contributed by atoms with Crippen LogP contribution in [-0.2, 0) is 0 Å². The maximum absolute atomic E-state index is 13.8. The Kier molecular flexibility index (Phi) is 2.72. The number of halogens is 2. The maximum Gasteiger partial charge on any atom is 0.198 e. The number of phenols is 1.